The Morgan fingerprint density at radius 2 is 2.00 bits per heavy atom. The van der Waals surface area contributed by atoms with Gasteiger partial charge in [-0.25, -0.2) is 9.50 Å². The molecule has 0 saturated carbocycles. The van der Waals surface area contributed by atoms with E-state index in [0.29, 0.717) is 11.3 Å². The molecule has 0 radical (unpaired) electrons. The number of hydrogen-bond donors (Lipinski definition) is 0. The molecule has 0 aliphatic heterocycles. The first kappa shape index (κ1) is 15.0. The lowest BCUT2D eigenvalue weighted by atomic mass is 10.1. The van der Waals surface area contributed by atoms with E-state index < -0.39 is 0 Å². The van der Waals surface area contributed by atoms with Gasteiger partial charge in [0.25, 0.3) is 5.69 Å². The summed E-state index contributed by atoms with van der Waals surface area (Å²) in [5.74, 6) is 0. The van der Waals surface area contributed by atoms with E-state index in [1.54, 1.807) is 31.5 Å². The maximum Gasteiger partial charge on any atom is 0.274 e. The number of aromatic nitrogens is 5. The van der Waals surface area contributed by atoms with E-state index in [4.69, 9.17) is 0 Å². The number of nitro benzene ring substituents is 1. The lowest BCUT2D eigenvalue weighted by molar-refractivity contribution is -0.385. The quantitative estimate of drug-likeness (QED) is 0.424. The SMILES string of the molecule is Cc1cc(C)c([N+](=O)[O-])cc1-n1ccc2ncc(-c3cccnn3)n21. The molecule has 0 saturated heterocycles. The van der Waals surface area contributed by atoms with Gasteiger partial charge in [0.05, 0.1) is 16.8 Å². The number of fused-ring (bicyclic) bond motifs is 1. The maximum atomic E-state index is 11.3. The highest BCUT2D eigenvalue weighted by atomic mass is 16.6. The number of nitrogens with zero attached hydrogens (tertiary/aromatic N) is 6. The smallest absolute Gasteiger partial charge is 0.258 e. The summed E-state index contributed by atoms with van der Waals surface area (Å²) in [5, 5.41) is 19.4. The summed E-state index contributed by atoms with van der Waals surface area (Å²) < 4.78 is 3.71. The summed E-state index contributed by atoms with van der Waals surface area (Å²) >= 11 is 0. The molecule has 0 amide bonds. The number of aryl methyl sites for hydroxylation is 2. The zero-order valence-electron chi connectivity index (χ0n) is 13.6. The van der Waals surface area contributed by atoms with Crippen molar-refractivity contribution in [1.29, 1.82) is 0 Å². The minimum atomic E-state index is -0.365. The Morgan fingerprint density at radius 1 is 1.16 bits per heavy atom. The molecule has 3 heterocycles. The fourth-order valence-electron chi connectivity index (χ4n) is 2.98. The molecule has 0 bridgehead atoms. The van der Waals surface area contributed by atoms with Crippen LogP contribution in [0.1, 0.15) is 11.1 Å². The Bertz CT molecular complexity index is 1100. The highest BCUT2D eigenvalue weighted by molar-refractivity contribution is 5.61. The van der Waals surface area contributed by atoms with Crippen molar-refractivity contribution < 1.29 is 4.92 Å². The summed E-state index contributed by atoms with van der Waals surface area (Å²) in [5.41, 5.74) is 4.53. The molecule has 0 aliphatic rings. The number of rotatable bonds is 3. The molecule has 0 atom stereocenters. The van der Waals surface area contributed by atoms with E-state index in [0.717, 1.165) is 22.6 Å². The Hall–Kier alpha value is -3.55. The van der Waals surface area contributed by atoms with Crippen molar-refractivity contribution in [3.63, 3.8) is 0 Å². The number of hydrogen-bond acceptors (Lipinski definition) is 5. The van der Waals surface area contributed by atoms with Crippen LogP contribution in [0.4, 0.5) is 5.69 Å². The fourth-order valence-corrected chi connectivity index (χ4v) is 2.98. The molecule has 4 rings (SSSR count). The second kappa shape index (κ2) is 5.52. The van der Waals surface area contributed by atoms with E-state index in [1.165, 1.54) is 0 Å². The van der Waals surface area contributed by atoms with E-state index >= 15 is 0 Å². The van der Waals surface area contributed by atoms with E-state index in [2.05, 4.69) is 15.2 Å². The molecule has 3 aromatic heterocycles. The molecule has 8 heteroatoms. The molecular formula is C17H14N6O2. The van der Waals surface area contributed by atoms with Crippen LogP contribution in [0.5, 0.6) is 0 Å². The van der Waals surface area contributed by atoms with Gasteiger partial charge in [0.15, 0.2) is 5.65 Å². The summed E-state index contributed by atoms with van der Waals surface area (Å²) in [6.45, 7) is 3.67. The standard InChI is InChI=1S/C17H14N6O2/c1-11-8-12(2)15(23(24)25)9-14(11)21-7-5-17-18-10-16(22(17)21)13-4-3-6-19-20-13/h3-10H,1-2H3. The first-order valence-electron chi connectivity index (χ1n) is 7.65. The predicted octanol–water partition coefficient (Wildman–Crippen LogP) is 3.11. The average molecular weight is 334 g/mol. The van der Waals surface area contributed by atoms with Gasteiger partial charge in [0.2, 0.25) is 0 Å². The van der Waals surface area contributed by atoms with Crippen LogP contribution in [-0.4, -0.2) is 29.3 Å². The van der Waals surface area contributed by atoms with Crippen LogP contribution in [0.15, 0.2) is 48.9 Å². The van der Waals surface area contributed by atoms with Crippen molar-refractivity contribution in [2.24, 2.45) is 0 Å². The molecule has 0 aliphatic carbocycles. The summed E-state index contributed by atoms with van der Waals surface area (Å²) in [6, 6.07) is 8.91. The summed E-state index contributed by atoms with van der Waals surface area (Å²) in [6.07, 6.45) is 5.16. The Balaban J connectivity index is 1.99. The Kier molecular flexibility index (Phi) is 3.31. The molecule has 4 aromatic rings. The second-order valence-corrected chi connectivity index (χ2v) is 5.76. The molecule has 1 aromatic carbocycles. The van der Waals surface area contributed by atoms with Crippen molar-refractivity contribution in [3.8, 4) is 17.1 Å². The molecule has 0 N–H and O–H groups in total. The fraction of sp³-hybridized carbons (Fsp3) is 0.118. The van der Waals surface area contributed by atoms with Crippen LogP contribution < -0.4 is 0 Å². The molecule has 0 spiro atoms. The van der Waals surface area contributed by atoms with Crippen LogP contribution >= 0.6 is 0 Å². The largest absolute Gasteiger partial charge is 0.274 e. The van der Waals surface area contributed by atoms with Gasteiger partial charge in [0.1, 0.15) is 11.4 Å². The van der Waals surface area contributed by atoms with Crippen LogP contribution in [0.2, 0.25) is 0 Å². The number of imidazole rings is 1. The van der Waals surface area contributed by atoms with Gasteiger partial charge in [-0.1, -0.05) is 0 Å². The monoisotopic (exact) mass is 334 g/mol. The molecule has 0 unspecified atom stereocenters. The third kappa shape index (κ3) is 2.35. The van der Waals surface area contributed by atoms with Gasteiger partial charge >= 0.3 is 0 Å². The van der Waals surface area contributed by atoms with Crippen molar-refractivity contribution in [2.45, 2.75) is 13.8 Å². The van der Waals surface area contributed by atoms with Gasteiger partial charge in [-0.3, -0.25) is 14.8 Å². The second-order valence-electron chi connectivity index (χ2n) is 5.76. The zero-order chi connectivity index (χ0) is 17.6. The molecule has 8 nitrogen and oxygen atoms in total. The molecule has 0 fully saturated rings. The zero-order valence-corrected chi connectivity index (χ0v) is 13.6. The van der Waals surface area contributed by atoms with Crippen molar-refractivity contribution in [2.75, 3.05) is 0 Å². The van der Waals surface area contributed by atoms with Crippen molar-refractivity contribution in [3.05, 3.63) is 70.2 Å². The van der Waals surface area contributed by atoms with Crippen molar-refractivity contribution in [1.82, 2.24) is 24.4 Å². The normalized spacial score (nSPS) is 11.1. The van der Waals surface area contributed by atoms with E-state index in [1.807, 2.05) is 40.5 Å². The highest BCUT2D eigenvalue weighted by Gasteiger charge is 2.18. The maximum absolute atomic E-state index is 11.3. The van der Waals surface area contributed by atoms with Crippen LogP contribution in [-0.2, 0) is 0 Å². The van der Waals surface area contributed by atoms with E-state index in [-0.39, 0.29) is 10.6 Å². The lowest BCUT2D eigenvalue weighted by Gasteiger charge is -2.12. The van der Waals surface area contributed by atoms with Gasteiger partial charge < -0.3 is 0 Å². The third-order valence-corrected chi connectivity index (χ3v) is 4.14. The van der Waals surface area contributed by atoms with Crippen LogP contribution in [0.3, 0.4) is 0 Å². The Labute approximate surface area is 142 Å². The topological polar surface area (TPSA) is 91.1 Å². The minimum absolute atomic E-state index is 0.0867. The Morgan fingerprint density at radius 3 is 2.72 bits per heavy atom. The van der Waals surface area contributed by atoms with Gasteiger partial charge in [-0.2, -0.15) is 5.10 Å². The predicted molar refractivity (Wildman–Crippen MR) is 91.7 cm³/mol. The van der Waals surface area contributed by atoms with E-state index in [9.17, 15) is 10.1 Å². The molecule has 124 valence electrons. The van der Waals surface area contributed by atoms with Crippen LogP contribution in [0.25, 0.3) is 22.7 Å². The average Bonchev–Trinajstić information content (AvgIpc) is 3.18. The minimum Gasteiger partial charge on any atom is -0.258 e. The third-order valence-electron chi connectivity index (χ3n) is 4.14. The molecule has 25 heavy (non-hydrogen) atoms. The first-order chi connectivity index (χ1) is 12.1. The highest BCUT2D eigenvalue weighted by Crippen LogP contribution is 2.27. The van der Waals surface area contributed by atoms with Gasteiger partial charge in [0, 0.05) is 30.1 Å². The van der Waals surface area contributed by atoms with Gasteiger partial charge in [-0.15, -0.1) is 5.10 Å². The van der Waals surface area contributed by atoms with Crippen LogP contribution in [0, 0.1) is 24.0 Å². The first-order valence-corrected chi connectivity index (χ1v) is 7.65. The molecular weight excluding hydrogens is 320 g/mol. The number of nitro groups is 1. The summed E-state index contributed by atoms with van der Waals surface area (Å²) in [4.78, 5) is 15.3. The van der Waals surface area contributed by atoms with Crippen molar-refractivity contribution >= 4 is 11.3 Å². The van der Waals surface area contributed by atoms with Gasteiger partial charge in [-0.05, 0) is 37.6 Å². The summed E-state index contributed by atoms with van der Waals surface area (Å²) in [7, 11) is 0. The number of benzene rings is 1. The lowest BCUT2D eigenvalue weighted by Crippen LogP contribution is -2.07.